The number of nitrogens with zero attached hydrogens (tertiary/aromatic N) is 2. The van der Waals surface area contributed by atoms with Gasteiger partial charge in [0.1, 0.15) is 0 Å². The lowest BCUT2D eigenvalue weighted by Gasteiger charge is -2.26. The Morgan fingerprint density at radius 2 is 2.10 bits per heavy atom. The van der Waals surface area contributed by atoms with Crippen LogP contribution in [0.15, 0.2) is 21.8 Å². The lowest BCUT2D eigenvalue weighted by Crippen LogP contribution is -2.42. The molecule has 0 atom stereocenters. The number of piperidine rings is 1. The molecule has 1 aromatic rings. The summed E-state index contributed by atoms with van der Waals surface area (Å²) >= 11 is 1.72. The number of guanidine groups is 1. The van der Waals surface area contributed by atoms with Crippen molar-refractivity contribution in [2.45, 2.75) is 32.7 Å². The van der Waals surface area contributed by atoms with Gasteiger partial charge in [-0.3, -0.25) is 0 Å². The van der Waals surface area contributed by atoms with Crippen molar-refractivity contribution in [1.82, 2.24) is 15.5 Å². The topological polar surface area (TPSA) is 39.7 Å². The van der Waals surface area contributed by atoms with Crippen LogP contribution in [0.3, 0.4) is 0 Å². The highest BCUT2D eigenvalue weighted by atomic mass is 127. The van der Waals surface area contributed by atoms with Crippen molar-refractivity contribution >= 4 is 41.3 Å². The molecule has 21 heavy (non-hydrogen) atoms. The van der Waals surface area contributed by atoms with Gasteiger partial charge in [0.2, 0.25) is 0 Å². The Bertz CT molecular complexity index is 388. The first-order valence-corrected chi connectivity index (χ1v) is 8.58. The number of nitrogens with one attached hydrogen (secondary N) is 2. The molecule has 0 unspecified atom stereocenters. The predicted molar refractivity (Wildman–Crippen MR) is 103 cm³/mol. The summed E-state index contributed by atoms with van der Waals surface area (Å²) in [6, 6.07) is 2.13. The first-order chi connectivity index (χ1) is 9.88. The normalized spacial score (nSPS) is 16.3. The Hall–Kier alpha value is -0.340. The Labute approximate surface area is 149 Å². The second-order valence-corrected chi connectivity index (χ2v) is 5.94. The van der Waals surface area contributed by atoms with E-state index in [1.807, 2.05) is 0 Å². The first-order valence-electron chi connectivity index (χ1n) is 7.64. The minimum absolute atomic E-state index is 0. The van der Waals surface area contributed by atoms with Gasteiger partial charge in [0.15, 0.2) is 5.96 Å². The summed E-state index contributed by atoms with van der Waals surface area (Å²) in [5.74, 6) is 0.927. The van der Waals surface area contributed by atoms with E-state index in [1.165, 1.54) is 37.9 Å². The molecule has 4 nitrogen and oxygen atoms in total. The molecule has 6 heteroatoms. The smallest absolute Gasteiger partial charge is 0.191 e. The molecule has 0 aromatic carbocycles. The Morgan fingerprint density at radius 3 is 2.76 bits per heavy atom. The summed E-state index contributed by atoms with van der Waals surface area (Å²) in [5, 5.41) is 11.0. The van der Waals surface area contributed by atoms with Crippen LogP contribution in [0.1, 0.15) is 31.7 Å². The van der Waals surface area contributed by atoms with Gasteiger partial charge >= 0.3 is 0 Å². The van der Waals surface area contributed by atoms with Crippen LogP contribution < -0.4 is 10.6 Å². The quantitative estimate of drug-likeness (QED) is 0.421. The summed E-state index contributed by atoms with van der Waals surface area (Å²) in [6.45, 7) is 8.35. The van der Waals surface area contributed by atoms with Gasteiger partial charge in [0, 0.05) is 19.6 Å². The van der Waals surface area contributed by atoms with E-state index in [0.29, 0.717) is 0 Å². The van der Waals surface area contributed by atoms with Crippen molar-refractivity contribution < 1.29 is 0 Å². The average Bonchev–Trinajstić information content (AvgIpc) is 2.99. The van der Waals surface area contributed by atoms with Crippen LogP contribution in [0.4, 0.5) is 0 Å². The van der Waals surface area contributed by atoms with E-state index in [2.05, 4.69) is 44.3 Å². The number of thiophene rings is 1. The van der Waals surface area contributed by atoms with Crippen LogP contribution in [0.2, 0.25) is 0 Å². The molecule has 0 amide bonds. The number of rotatable bonds is 6. The molecule has 0 saturated carbocycles. The molecule has 1 aliphatic rings. The number of hydrogen-bond acceptors (Lipinski definition) is 3. The number of likely N-dealkylation sites (tertiary alicyclic amines) is 1. The maximum Gasteiger partial charge on any atom is 0.191 e. The first kappa shape index (κ1) is 18.7. The molecule has 2 heterocycles. The van der Waals surface area contributed by atoms with Gasteiger partial charge in [0.25, 0.3) is 0 Å². The van der Waals surface area contributed by atoms with Gasteiger partial charge in [-0.1, -0.05) is 6.42 Å². The van der Waals surface area contributed by atoms with E-state index < -0.39 is 0 Å². The van der Waals surface area contributed by atoms with Crippen molar-refractivity contribution in [2.24, 2.45) is 4.99 Å². The van der Waals surface area contributed by atoms with Crippen molar-refractivity contribution in [1.29, 1.82) is 0 Å². The standard InChI is InChI=1S/C15H26N4S.HI/c1-2-16-15(18-12-14-6-11-20-13-14)17-7-10-19-8-4-3-5-9-19;/h6,11,13H,2-5,7-10,12H2,1H3,(H2,16,17,18);1H. The second-order valence-electron chi connectivity index (χ2n) is 5.16. The third kappa shape index (κ3) is 7.46. The summed E-state index contributed by atoms with van der Waals surface area (Å²) in [6.07, 6.45) is 4.10. The van der Waals surface area contributed by atoms with Crippen LogP contribution in [0.25, 0.3) is 0 Å². The summed E-state index contributed by atoms with van der Waals surface area (Å²) < 4.78 is 0. The second kappa shape index (κ2) is 11.3. The molecule has 1 aliphatic heterocycles. The highest BCUT2D eigenvalue weighted by molar-refractivity contribution is 14.0. The molecule has 1 fully saturated rings. The fourth-order valence-corrected chi connectivity index (χ4v) is 3.07. The summed E-state index contributed by atoms with van der Waals surface area (Å²) in [5.41, 5.74) is 1.28. The minimum atomic E-state index is 0. The molecule has 0 bridgehead atoms. The monoisotopic (exact) mass is 422 g/mol. The lowest BCUT2D eigenvalue weighted by atomic mass is 10.1. The fourth-order valence-electron chi connectivity index (χ4n) is 2.41. The van der Waals surface area contributed by atoms with E-state index in [9.17, 15) is 0 Å². The molecule has 2 N–H and O–H groups in total. The highest BCUT2D eigenvalue weighted by Crippen LogP contribution is 2.08. The molecular formula is C15H27IN4S. The molecule has 0 radical (unpaired) electrons. The molecule has 1 aromatic heterocycles. The molecular weight excluding hydrogens is 395 g/mol. The molecule has 0 aliphatic carbocycles. The van der Waals surface area contributed by atoms with Crippen LogP contribution in [0.5, 0.6) is 0 Å². The Balaban J connectivity index is 0.00000220. The molecule has 120 valence electrons. The van der Waals surface area contributed by atoms with Crippen molar-refractivity contribution in [3.8, 4) is 0 Å². The van der Waals surface area contributed by atoms with Gasteiger partial charge in [-0.05, 0) is 55.2 Å². The van der Waals surface area contributed by atoms with Crippen molar-refractivity contribution in [3.63, 3.8) is 0 Å². The fraction of sp³-hybridized carbons (Fsp3) is 0.667. The third-order valence-corrected chi connectivity index (χ3v) is 4.25. The lowest BCUT2D eigenvalue weighted by molar-refractivity contribution is 0.232. The van der Waals surface area contributed by atoms with E-state index in [-0.39, 0.29) is 24.0 Å². The van der Waals surface area contributed by atoms with E-state index in [4.69, 9.17) is 0 Å². The number of halogens is 1. The Kier molecular flexibility index (Phi) is 10.0. The van der Waals surface area contributed by atoms with Gasteiger partial charge in [0.05, 0.1) is 6.54 Å². The zero-order chi connectivity index (χ0) is 14.0. The zero-order valence-corrected chi connectivity index (χ0v) is 16.0. The molecule has 0 spiro atoms. The summed E-state index contributed by atoms with van der Waals surface area (Å²) in [4.78, 5) is 7.16. The SMILES string of the molecule is CCNC(=NCc1ccsc1)NCCN1CCCCC1.I. The maximum absolute atomic E-state index is 4.62. The summed E-state index contributed by atoms with van der Waals surface area (Å²) in [7, 11) is 0. The van der Waals surface area contributed by atoms with E-state index >= 15 is 0 Å². The molecule has 1 saturated heterocycles. The van der Waals surface area contributed by atoms with Crippen LogP contribution in [-0.2, 0) is 6.54 Å². The van der Waals surface area contributed by atoms with Crippen LogP contribution in [-0.4, -0.2) is 43.6 Å². The molecule has 2 rings (SSSR count). The average molecular weight is 422 g/mol. The number of aliphatic imine (C=N–C) groups is 1. The number of hydrogen-bond donors (Lipinski definition) is 2. The largest absolute Gasteiger partial charge is 0.357 e. The predicted octanol–water partition coefficient (Wildman–Crippen LogP) is 2.91. The zero-order valence-electron chi connectivity index (χ0n) is 12.8. The van der Waals surface area contributed by atoms with Crippen LogP contribution in [0, 0.1) is 0 Å². The maximum atomic E-state index is 4.62. The van der Waals surface area contributed by atoms with Gasteiger partial charge in [-0.2, -0.15) is 11.3 Å². The van der Waals surface area contributed by atoms with Gasteiger partial charge in [-0.15, -0.1) is 24.0 Å². The minimum Gasteiger partial charge on any atom is -0.357 e. The van der Waals surface area contributed by atoms with Crippen molar-refractivity contribution in [3.05, 3.63) is 22.4 Å². The highest BCUT2D eigenvalue weighted by Gasteiger charge is 2.09. The van der Waals surface area contributed by atoms with E-state index in [1.54, 1.807) is 11.3 Å². The van der Waals surface area contributed by atoms with Gasteiger partial charge < -0.3 is 15.5 Å². The van der Waals surface area contributed by atoms with Gasteiger partial charge in [-0.25, -0.2) is 4.99 Å². The Morgan fingerprint density at radius 1 is 1.29 bits per heavy atom. The van der Waals surface area contributed by atoms with Crippen LogP contribution >= 0.6 is 35.3 Å². The van der Waals surface area contributed by atoms with Crippen molar-refractivity contribution in [2.75, 3.05) is 32.7 Å². The third-order valence-electron chi connectivity index (χ3n) is 3.51. The van der Waals surface area contributed by atoms with E-state index in [0.717, 1.165) is 32.1 Å².